The molecule has 0 unspecified atom stereocenters. The Balaban J connectivity index is 1.15. The topological polar surface area (TPSA) is 29.3 Å². The summed E-state index contributed by atoms with van der Waals surface area (Å²) >= 11 is 0. The van der Waals surface area contributed by atoms with E-state index in [4.69, 9.17) is 4.42 Å². The molecule has 0 aliphatic heterocycles. The predicted octanol–water partition coefficient (Wildman–Crippen LogP) is 12.6. The number of rotatable bonds is 6. The highest BCUT2D eigenvalue weighted by molar-refractivity contribution is 6.13. The van der Waals surface area contributed by atoms with E-state index in [1.165, 1.54) is 0 Å². The zero-order chi connectivity index (χ0) is 31.9. The van der Waals surface area contributed by atoms with Gasteiger partial charge in [-0.15, -0.1) is 0 Å². The largest absolute Gasteiger partial charge is 0.455 e. The Morgan fingerprint density at radius 3 is 1.69 bits per heavy atom. The van der Waals surface area contributed by atoms with Crippen molar-refractivity contribution in [3.8, 4) is 33.4 Å². The molecule has 0 saturated carbocycles. The molecule has 48 heavy (non-hydrogen) atoms. The molecule has 0 saturated heterocycles. The molecule has 3 heteroatoms. The highest BCUT2D eigenvalue weighted by Gasteiger charge is 2.18. The Morgan fingerprint density at radius 1 is 0.396 bits per heavy atom. The first kappa shape index (κ1) is 27.8. The Kier molecular flexibility index (Phi) is 6.80. The SMILES string of the molecule is c1ccc(-c2cccc3c2oc2c(-c4cccc(N(c5ccccc5)c5ccc(-c6cccc7cccnc67)cc5)c4)cccc23)cc1. The number of furan rings is 1. The van der Waals surface area contributed by atoms with Crippen LogP contribution in [0.3, 0.4) is 0 Å². The molecule has 226 valence electrons. The van der Waals surface area contributed by atoms with Crippen LogP contribution in [0.1, 0.15) is 0 Å². The minimum absolute atomic E-state index is 0.896. The maximum atomic E-state index is 6.76. The summed E-state index contributed by atoms with van der Waals surface area (Å²) in [5.74, 6) is 0. The van der Waals surface area contributed by atoms with E-state index in [1.807, 2.05) is 18.3 Å². The van der Waals surface area contributed by atoms with E-state index in [9.17, 15) is 0 Å². The van der Waals surface area contributed by atoms with Gasteiger partial charge in [-0.25, -0.2) is 0 Å². The molecule has 2 aromatic heterocycles. The van der Waals surface area contributed by atoms with Crippen LogP contribution in [0.4, 0.5) is 17.1 Å². The lowest BCUT2D eigenvalue weighted by atomic mass is 9.99. The standard InChI is InChI=1S/C45H30N2O/c1-3-12-31(13-4-1)39-21-9-23-41-42-24-10-22-40(45(42)48-44(39)41)34-15-7-19-37(30-34)47(35-17-5-2-6-18-35)36-27-25-32(26-28-36)38-20-8-14-33-16-11-29-46-43(33)38/h1-30H. The Hall–Kier alpha value is -6.45. The summed E-state index contributed by atoms with van der Waals surface area (Å²) in [5.41, 5.74) is 12.7. The van der Waals surface area contributed by atoms with E-state index in [0.717, 1.165) is 83.3 Å². The van der Waals surface area contributed by atoms with Crippen LogP contribution in [0.25, 0.3) is 66.2 Å². The lowest BCUT2D eigenvalue weighted by Crippen LogP contribution is -2.09. The smallest absolute Gasteiger partial charge is 0.143 e. The molecule has 0 bridgehead atoms. The first-order valence-electron chi connectivity index (χ1n) is 16.2. The lowest BCUT2D eigenvalue weighted by Gasteiger charge is -2.26. The van der Waals surface area contributed by atoms with Crippen molar-refractivity contribution in [2.45, 2.75) is 0 Å². The highest BCUT2D eigenvalue weighted by Crippen LogP contribution is 2.42. The Morgan fingerprint density at radius 2 is 0.938 bits per heavy atom. The number of para-hydroxylation sites is 4. The molecule has 9 rings (SSSR count). The molecule has 0 fully saturated rings. The number of fused-ring (bicyclic) bond motifs is 4. The van der Waals surface area contributed by atoms with Crippen LogP contribution in [0.5, 0.6) is 0 Å². The number of aromatic nitrogens is 1. The summed E-state index contributed by atoms with van der Waals surface area (Å²) in [4.78, 5) is 6.99. The van der Waals surface area contributed by atoms with Gasteiger partial charge in [-0.2, -0.15) is 0 Å². The molecule has 9 aromatic rings. The maximum Gasteiger partial charge on any atom is 0.143 e. The van der Waals surface area contributed by atoms with Crippen molar-refractivity contribution in [1.82, 2.24) is 4.98 Å². The van der Waals surface area contributed by atoms with Crippen LogP contribution in [0.15, 0.2) is 187 Å². The number of anilines is 3. The summed E-state index contributed by atoms with van der Waals surface area (Å²) < 4.78 is 6.76. The van der Waals surface area contributed by atoms with Gasteiger partial charge in [-0.3, -0.25) is 4.98 Å². The quantitative estimate of drug-likeness (QED) is 0.187. The average Bonchev–Trinajstić information content (AvgIpc) is 3.55. The van der Waals surface area contributed by atoms with Crippen LogP contribution < -0.4 is 4.90 Å². The van der Waals surface area contributed by atoms with Crippen molar-refractivity contribution < 1.29 is 4.42 Å². The Bertz CT molecular complexity index is 2550. The van der Waals surface area contributed by atoms with E-state index in [2.05, 4.69) is 174 Å². The van der Waals surface area contributed by atoms with Gasteiger partial charge in [-0.1, -0.05) is 133 Å². The van der Waals surface area contributed by atoms with Gasteiger partial charge in [0.2, 0.25) is 0 Å². The van der Waals surface area contributed by atoms with Crippen LogP contribution >= 0.6 is 0 Å². The second-order valence-electron chi connectivity index (χ2n) is 12.0. The molecule has 2 heterocycles. The number of benzene rings is 7. The number of hydrogen-bond donors (Lipinski definition) is 0. The van der Waals surface area contributed by atoms with E-state index in [-0.39, 0.29) is 0 Å². The van der Waals surface area contributed by atoms with Gasteiger partial charge in [0.25, 0.3) is 0 Å². The van der Waals surface area contributed by atoms with Gasteiger partial charge in [0.15, 0.2) is 0 Å². The summed E-state index contributed by atoms with van der Waals surface area (Å²) in [6, 6.07) is 61.8. The second kappa shape index (κ2) is 11.7. The zero-order valence-corrected chi connectivity index (χ0v) is 26.1. The molecular formula is C45H30N2O. The third-order valence-electron chi connectivity index (χ3n) is 9.11. The van der Waals surface area contributed by atoms with E-state index in [1.54, 1.807) is 0 Å². The summed E-state index contributed by atoms with van der Waals surface area (Å²) in [6.45, 7) is 0. The summed E-state index contributed by atoms with van der Waals surface area (Å²) in [7, 11) is 0. The number of nitrogens with zero attached hydrogens (tertiary/aromatic N) is 2. The minimum atomic E-state index is 0.896. The molecule has 0 aliphatic rings. The number of pyridine rings is 1. The first-order chi connectivity index (χ1) is 23.8. The van der Waals surface area contributed by atoms with Gasteiger partial charge in [-0.05, 0) is 59.2 Å². The van der Waals surface area contributed by atoms with E-state index < -0.39 is 0 Å². The first-order valence-corrected chi connectivity index (χ1v) is 16.2. The van der Waals surface area contributed by atoms with Gasteiger partial charge >= 0.3 is 0 Å². The van der Waals surface area contributed by atoms with Crippen LogP contribution in [-0.4, -0.2) is 4.98 Å². The predicted molar refractivity (Wildman–Crippen MR) is 200 cm³/mol. The molecule has 0 aliphatic carbocycles. The summed E-state index contributed by atoms with van der Waals surface area (Å²) in [6.07, 6.45) is 1.86. The van der Waals surface area contributed by atoms with Crippen LogP contribution in [0.2, 0.25) is 0 Å². The van der Waals surface area contributed by atoms with Crippen molar-refractivity contribution in [3.63, 3.8) is 0 Å². The van der Waals surface area contributed by atoms with Crippen molar-refractivity contribution in [1.29, 1.82) is 0 Å². The minimum Gasteiger partial charge on any atom is -0.455 e. The molecule has 3 nitrogen and oxygen atoms in total. The van der Waals surface area contributed by atoms with Gasteiger partial charge in [0.1, 0.15) is 11.2 Å². The summed E-state index contributed by atoms with van der Waals surface area (Å²) in [5, 5.41) is 3.37. The highest BCUT2D eigenvalue weighted by atomic mass is 16.3. The van der Waals surface area contributed by atoms with Gasteiger partial charge in [0.05, 0.1) is 5.52 Å². The average molecular weight is 615 g/mol. The lowest BCUT2D eigenvalue weighted by molar-refractivity contribution is 0.671. The van der Waals surface area contributed by atoms with Gasteiger partial charge in [0, 0.05) is 56.1 Å². The van der Waals surface area contributed by atoms with Crippen molar-refractivity contribution in [2.24, 2.45) is 0 Å². The molecule has 0 N–H and O–H groups in total. The molecular weight excluding hydrogens is 585 g/mol. The normalized spacial score (nSPS) is 11.3. The fraction of sp³-hybridized carbons (Fsp3) is 0. The second-order valence-corrected chi connectivity index (χ2v) is 12.0. The third-order valence-corrected chi connectivity index (χ3v) is 9.11. The third kappa shape index (κ3) is 4.81. The van der Waals surface area contributed by atoms with Crippen molar-refractivity contribution >= 4 is 49.9 Å². The maximum absolute atomic E-state index is 6.76. The zero-order valence-electron chi connectivity index (χ0n) is 26.1. The number of hydrogen-bond acceptors (Lipinski definition) is 3. The van der Waals surface area contributed by atoms with Crippen LogP contribution in [-0.2, 0) is 0 Å². The molecule has 7 aromatic carbocycles. The molecule has 0 spiro atoms. The fourth-order valence-corrected chi connectivity index (χ4v) is 6.86. The van der Waals surface area contributed by atoms with Crippen molar-refractivity contribution in [2.75, 3.05) is 4.90 Å². The van der Waals surface area contributed by atoms with E-state index in [0.29, 0.717) is 0 Å². The van der Waals surface area contributed by atoms with Crippen molar-refractivity contribution in [3.05, 3.63) is 182 Å². The Labute approximate surface area is 279 Å². The monoisotopic (exact) mass is 614 g/mol. The van der Waals surface area contributed by atoms with Crippen LogP contribution in [0, 0.1) is 0 Å². The fourth-order valence-electron chi connectivity index (χ4n) is 6.86. The molecule has 0 radical (unpaired) electrons. The van der Waals surface area contributed by atoms with E-state index >= 15 is 0 Å². The van der Waals surface area contributed by atoms with Gasteiger partial charge < -0.3 is 9.32 Å². The molecule has 0 atom stereocenters. The molecule has 0 amide bonds.